The van der Waals surface area contributed by atoms with E-state index in [9.17, 15) is 29.6 Å². The van der Waals surface area contributed by atoms with Crippen LogP contribution in [0.3, 0.4) is 0 Å². The molecular formula is C22H21N3O7. The van der Waals surface area contributed by atoms with Crippen molar-refractivity contribution in [3.05, 3.63) is 63.2 Å². The first kappa shape index (κ1) is 22.5. The third kappa shape index (κ3) is 4.29. The largest absolute Gasteiger partial charge is 0.500 e. The van der Waals surface area contributed by atoms with E-state index in [4.69, 9.17) is 4.74 Å². The topological polar surface area (TPSA) is 139 Å². The van der Waals surface area contributed by atoms with Crippen LogP contribution >= 0.6 is 0 Å². The zero-order valence-corrected chi connectivity index (χ0v) is 17.6. The maximum atomic E-state index is 13.0. The highest BCUT2D eigenvalue weighted by molar-refractivity contribution is 6.39. The van der Waals surface area contributed by atoms with E-state index in [0.717, 1.165) is 22.6 Å². The van der Waals surface area contributed by atoms with Crippen LogP contribution in [0.5, 0.6) is 11.5 Å². The number of nitrogens with one attached hydrogen (secondary N) is 1. The lowest BCUT2D eigenvalue weighted by molar-refractivity contribution is -0.386. The number of nitrogens with zero attached hydrogens (tertiary/aromatic N) is 2. The molecule has 1 heterocycles. The number of carbonyl (C=O) groups excluding carboxylic acids is 3. The molecule has 1 aliphatic rings. The average Bonchev–Trinajstić information content (AvgIpc) is 2.73. The van der Waals surface area contributed by atoms with Gasteiger partial charge in [-0.2, -0.15) is 0 Å². The monoisotopic (exact) mass is 439 g/mol. The van der Waals surface area contributed by atoms with Gasteiger partial charge in [0.25, 0.3) is 11.8 Å². The zero-order chi connectivity index (χ0) is 23.6. The summed E-state index contributed by atoms with van der Waals surface area (Å²) in [6.07, 6.45) is 1.11. The van der Waals surface area contributed by atoms with Crippen LogP contribution in [-0.2, 0) is 9.59 Å². The summed E-state index contributed by atoms with van der Waals surface area (Å²) in [6, 6.07) is 8.11. The molecule has 0 aromatic heterocycles. The quantitative estimate of drug-likeness (QED) is 0.304. The molecule has 0 spiro atoms. The van der Waals surface area contributed by atoms with Gasteiger partial charge in [-0.05, 0) is 48.2 Å². The molecule has 10 heteroatoms. The van der Waals surface area contributed by atoms with Crippen molar-refractivity contribution >= 4 is 35.3 Å². The number of amides is 4. The lowest BCUT2D eigenvalue weighted by Gasteiger charge is -2.26. The van der Waals surface area contributed by atoms with Gasteiger partial charge in [-0.1, -0.05) is 26.0 Å². The van der Waals surface area contributed by atoms with E-state index in [1.165, 1.54) is 6.07 Å². The van der Waals surface area contributed by atoms with Crippen molar-refractivity contribution in [1.82, 2.24) is 5.32 Å². The van der Waals surface area contributed by atoms with Gasteiger partial charge < -0.3 is 9.84 Å². The number of hydrogen-bond acceptors (Lipinski definition) is 7. The summed E-state index contributed by atoms with van der Waals surface area (Å²) < 4.78 is 5.22. The normalized spacial score (nSPS) is 15.3. The standard InChI is InChI=1S/C22H21N3O7/c1-4-32-18-11-13(10-17(19(18)26)25(30)31)9-16-20(27)23-22(29)24(21(16)28)15-7-5-14(6-8-15)12(2)3/h5-12,26H,4H2,1-3H3,(H,23,27,29)/b16-9-. The van der Waals surface area contributed by atoms with Crippen LogP contribution in [0.25, 0.3) is 6.08 Å². The minimum absolute atomic E-state index is 0.0703. The van der Waals surface area contributed by atoms with Crippen LogP contribution in [0.2, 0.25) is 0 Å². The molecule has 0 saturated carbocycles. The van der Waals surface area contributed by atoms with E-state index in [2.05, 4.69) is 5.32 Å². The molecular weight excluding hydrogens is 418 g/mol. The van der Waals surface area contributed by atoms with E-state index in [0.29, 0.717) is 0 Å². The number of phenols is 1. The van der Waals surface area contributed by atoms with Gasteiger partial charge in [0, 0.05) is 6.07 Å². The Kier molecular flexibility index (Phi) is 6.24. The Morgan fingerprint density at radius 3 is 2.41 bits per heavy atom. The fourth-order valence-corrected chi connectivity index (χ4v) is 3.17. The number of ether oxygens (including phenoxy) is 1. The van der Waals surface area contributed by atoms with Gasteiger partial charge in [-0.15, -0.1) is 0 Å². The average molecular weight is 439 g/mol. The van der Waals surface area contributed by atoms with Crippen LogP contribution in [-0.4, -0.2) is 34.5 Å². The van der Waals surface area contributed by atoms with Crippen molar-refractivity contribution in [2.75, 3.05) is 11.5 Å². The third-order valence-corrected chi connectivity index (χ3v) is 4.80. The summed E-state index contributed by atoms with van der Waals surface area (Å²) in [4.78, 5) is 49.0. The highest BCUT2D eigenvalue weighted by atomic mass is 16.6. The van der Waals surface area contributed by atoms with Gasteiger partial charge in [0.1, 0.15) is 5.57 Å². The van der Waals surface area contributed by atoms with Crippen molar-refractivity contribution in [3.63, 3.8) is 0 Å². The summed E-state index contributed by atoms with van der Waals surface area (Å²) in [5.41, 5.74) is 0.289. The summed E-state index contributed by atoms with van der Waals surface area (Å²) in [5.74, 6) is -2.42. The number of anilines is 1. The van der Waals surface area contributed by atoms with Crippen molar-refractivity contribution in [2.24, 2.45) is 0 Å². The molecule has 0 unspecified atom stereocenters. The zero-order valence-electron chi connectivity index (χ0n) is 17.6. The van der Waals surface area contributed by atoms with Crippen molar-refractivity contribution in [2.45, 2.75) is 26.7 Å². The Morgan fingerprint density at radius 1 is 1.19 bits per heavy atom. The van der Waals surface area contributed by atoms with Gasteiger partial charge in [0.15, 0.2) is 5.75 Å². The second-order valence-electron chi connectivity index (χ2n) is 7.28. The number of aromatic hydroxyl groups is 1. The van der Waals surface area contributed by atoms with Crippen LogP contribution in [0.15, 0.2) is 42.0 Å². The highest BCUT2D eigenvalue weighted by Crippen LogP contribution is 2.38. The number of barbiturate groups is 1. The number of hydrogen-bond donors (Lipinski definition) is 2. The number of imide groups is 2. The molecule has 166 valence electrons. The molecule has 1 aliphatic heterocycles. The fourth-order valence-electron chi connectivity index (χ4n) is 3.17. The number of rotatable bonds is 6. The van der Waals surface area contributed by atoms with Crippen LogP contribution in [0, 0.1) is 10.1 Å². The number of phenolic OH excluding ortho intramolecular Hbond substituents is 1. The van der Waals surface area contributed by atoms with E-state index < -0.39 is 39.8 Å². The number of nitro benzene ring substituents is 1. The molecule has 2 N–H and O–H groups in total. The van der Waals surface area contributed by atoms with Crippen LogP contribution < -0.4 is 15.0 Å². The highest BCUT2D eigenvalue weighted by Gasteiger charge is 2.37. The third-order valence-electron chi connectivity index (χ3n) is 4.80. The van der Waals surface area contributed by atoms with E-state index in [1.54, 1.807) is 31.2 Å². The molecule has 0 radical (unpaired) electrons. The molecule has 1 fully saturated rings. The summed E-state index contributed by atoms with van der Waals surface area (Å²) in [5, 5.41) is 23.4. The smallest absolute Gasteiger partial charge is 0.335 e. The first-order valence-electron chi connectivity index (χ1n) is 9.79. The Labute approximate surface area is 183 Å². The molecule has 10 nitrogen and oxygen atoms in total. The molecule has 2 aromatic carbocycles. The minimum Gasteiger partial charge on any atom is -0.500 e. The van der Waals surface area contributed by atoms with E-state index in [1.807, 2.05) is 13.8 Å². The van der Waals surface area contributed by atoms with Gasteiger partial charge in [0.2, 0.25) is 5.75 Å². The van der Waals surface area contributed by atoms with Gasteiger partial charge in [-0.25, -0.2) is 9.69 Å². The van der Waals surface area contributed by atoms with Crippen molar-refractivity contribution in [3.8, 4) is 11.5 Å². The van der Waals surface area contributed by atoms with Crippen molar-refractivity contribution in [1.29, 1.82) is 0 Å². The number of nitro groups is 1. The predicted octanol–water partition coefficient (Wildman–Crippen LogP) is 3.49. The molecule has 0 bridgehead atoms. The Bertz CT molecular complexity index is 1140. The molecule has 2 aromatic rings. The maximum Gasteiger partial charge on any atom is 0.335 e. The van der Waals surface area contributed by atoms with E-state index >= 15 is 0 Å². The maximum absolute atomic E-state index is 13.0. The van der Waals surface area contributed by atoms with Crippen LogP contribution in [0.1, 0.15) is 37.8 Å². The minimum atomic E-state index is -0.941. The number of benzene rings is 2. The van der Waals surface area contributed by atoms with E-state index in [-0.39, 0.29) is 29.5 Å². The van der Waals surface area contributed by atoms with Gasteiger partial charge in [0.05, 0.1) is 17.2 Å². The summed E-state index contributed by atoms with van der Waals surface area (Å²) in [6.45, 7) is 5.75. The Balaban J connectivity index is 2.05. The lowest BCUT2D eigenvalue weighted by Crippen LogP contribution is -2.54. The number of carbonyl (C=O) groups is 3. The van der Waals surface area contributed by atoms with Gasteiger partial charge >= 0.3 is 11.7 Å². The summed E-state index contributed by atoms with van der Waals surface area (Å²) in [7, 11) is 0. The number of urea groups is 1. The second-order valence-corrected chi connectivity index (χ2v) is 7.28. The Morgan fingerprint density at radius 2 is 1.84 bits per heavy atom. The van der Waals surface area contributed by atoms with Crippen LogP contribution in [0.4, 0.5) is 16.2 Å². The molecule has 3 rings (SSSR count). The molecule has 0 atom stereocenters. The first-order chi connectivity index (χ1) is 15.1. The predicted molar refractivity (Wildman–Crippen MR) is 115 cm³/mol. The lowest BCUT2D eigenvalue weighted by atomic mass is 10.0. The SMILES string of the molecule is CCOc1cc(/C=C2/C(=O)NC(=O)N(c3ccc(C(C)C)cc3)C2=O)cc([N+](=O)[O-])c1O. The molecule has 0 aliphatic carbocycles. The molecule has 4 amide bonds. The first-order valence-corrected chi connectivity index (χ1v) is 9.79. The summed E-state index contributed by atoms with van der Waals surface area (Å²) >= 11 is 0. The van der Waals surface area contributed by atoms with Gasteiger partial charge in [-0.3, -0.25) is 25.0 Å². The fraction of sp³-hybridized carbons (Fsp3) is 0.227. The second kappa shape index (κ2) is 8.88. The van der Waals surface area contributed by atoms with Crippen molar-refractivity contribution < 1.29 is 29.2 Å². The molecule has 1 saturated heterocycles. The Hall–Kier alpha value is -4.21. The molecule has 32 heavy (non-hydrogen) atoms.